The third kappa shape index (κ3) is 2.46. The predicted octanol–water partition coefficient (Wildman–Crippen LogP) is 2.75. The van der Waals surface area contributed by atoms with Gasteiger partial charge in [0, 0.05) is 0 Å². The van der Waals surface area contributed by atoms with E-state index in [4.69, 9.17) is 0 Å². The van der Waals surface area contributed by atoms with Crippen molar-refractivity contribution in [3.8, 4) is 0 Å². The second-order valence-electron chi connectivity index (χ2n) is 3.91. The molecule has 2 rings (SSSR count). The number of rotatable bonds is 4. The summed E-state index contributed by atoms with van der Waals surface area (Å²) in [5.74, 6) is 0. The van der Waals surface area contributed by atoms with Gasteiger partial charge in [0.2, 0.25) is 7.49 Å². The third-order valence-corrected chi connectivity index (χ3v) is 5.85. The Hall–Kier alpha value is -1.43. The standard InChI is InChI=1S/C15H16OP/c1-2-13-17(16,14-9-5-3-6-10-14)15-11-7-4-8-12-15/h2-12,16H,1,13H2/q+1. The largest absolute Gasteiger partial charge is 0.240 e. The molecule has 0 saturated carbocycles. The van der Waals surface area contributed by atoms with Crippen molar-refractivity contribution < 1.29 is 4.89 Å². The van der Waals surface area contributed by atoms with Gasteiger partial charge in [-0.1, -0.05) is 49.1 Å². The molecule has 0 aliphatic carbocycles. The topological polar surface area (TPSA) is 20.2 Å². The molecule has 0 spiro atoms. The van der Waals surface area contributed by atoms with Gasteiger partial charge in [0.25, 0.3) is 0 Å². The summed E-state index contributed by atoms with van der Waals surface area (Å²) in [7, 11) is -2.29. The van der Waals surface area contributed by atoms with Crippen LogP contribution >= 0.6 is 7.49 Å². The summed E-state index contributed by atoms with van der Waals surface area (Å²) in [6.45, 7) is 3.76. The average molecular weight is 243 g/mol. The maximum atomic E-state index is 11.0. The van der Waals surface area contributed by atoms with E-state index in [-0.39, 0.29) is 0 Å². The summed E-state index contributed by atoms with van der Waals surface area (Å²) >= 11 is 0. The van der Waals surface area contributed by atoms with E-state index in [2.05, 4.69) is 6.58 Å². The molecular weight excluding hydrogens is 227 g/mol. The minimum atomic E-state index is -2.29. The van der Waals surface area contributed by atoms with Crippen molar-refractivity contribution in [3.63, 3.8) is 0 Å². The van der Waals surface area contributed by atoms with Crippen LogP contribution in [-0.2, 0) is 0 Å². The number of hydrogen-bond acceptors (Lipinski definition) is 1. The molecule has 1 N–H and O–H groups in total. The van der Waals surface area contributed by atoms with Crippen LogP contribution < -0.4 is 10.6 Å². The molecule has 0 bridgehead atoms. The minimum Gasteiger partial charge on any atom is -0.240 e. The summed E-state index contributed by atoms with van der Waals surface area (Å²) in [5.41, 5.74) is 0. The highest BCUT2D eigenvalue weighted by Crippen LogP contribution is 2.51. The molecule has 0 fully saturated rings. The van der Waals surface area contributed by atoms with Crippen molar-refractivity contribution in [3.05, 3.63) is 73.3 Å². The van der Waals surface area contributed by atoms with E-state index in [0.29, 0.717) is 6.16 Å². The highest BCUT2D eigenvalue weighted by atomic mass is 31.2. The van der Waals surface area contributed by atoms with Crippen LogP contribution in [0.15, 0.2) is 73.3 Å². The van der Waals surface area contributed by atoms with E-state index in [0.717, 1.165) is 10.6 Å². The first-order chi connectivity index (χ1) is 8.27. The first kappa shape index (κ1) is 12.0. The summed E-state index contributed by atoms with van der Waals surface area (Å²) in [5, 5.41) is 2.01. The van der Waals surface area contributed by atoms with Gasteiger partial charge in [-0.15, -0.1) is 0 Å². The van der Waals surface area contributed by atoms with Gasteiger partial charge < -0.3 is 0 Å². The summed E-state index contributed by atoms with van der Waals surface area (Å²) < 4.78 is 0. The van der Waals surface area contributed by atoms with Crippen LogP contribution in [0, 0.1) is 0 Å². The Kier molecular flexibility index (Phi) is 3.73. The molecule has 0 aliphatic heterocycles. The summed E-state index contributed by atoms with van der Waals surface area (Å²) in [6, 6.07) is 19.7. The fourth-order valence-corrected chi connectivity index (χ4v) is 4.32. The lowest BCUT2D eigenvalue weighted by Gasteiger charge is -2.18. The van der Waals surface area contributed by atoms with Gasteiger partial charge in [-0.05, 0) is 24.3 Å². The van der Waals surface area contributed by atoms with Crippen molar-refractivity contribution in [2.24, 2.45) is 0 Å². The molecule has 0 radical (unpaired) electrons. The smallest absolute Gasteiger partial charge is 0.210 e. The molecule has 0 aliphatic rings. The molecule has 1 nitrogen and oxygen atoms in total. The van der Waals surface area contributed by atoms with E-state index in [1.807, 2.05) is 60.7 Å². The molecule has 86 valence electrons. The van der Waals surface area contributed by atoms with E-state index in [9.17, 15) is 4.89 Å². The van der Waals surface area contributed by atoms with E-state index in [1.54, 1.807) is 6.08 Å². The second kappa shape index (κ2) is 5.27. The maximum Gasteiger partial charge on any atom is 0.210 e. The number of hydrogen-bond donors (Lipinski definition) is 1. The monoisotopic (exact) mass is 243 g/mol. The Balaban J connectivity index is 2.50. The lowest BCUT2D eigenvalue weighted by molar-refractivity contribution is 0.625. The zero-order chi connectivity index (χ0) is 12.1. The van der Waals surface area contributed by atoms with Gasteiger partial charge in [-0.2, -0.15) is 0 Å². The Morgan fingerprint density at radius 3 is 1.65 bits per heavy atom. The van der Waals surface area contributed by atoms with Gasteiger partial charge in [0.15, 0.2) is 0 Å². The lowest BCUT2D eigenvalue weighted by Crippen LogP contribution is -2.23. The van der Waals surface area contributed by atoms with E-state index >= 15 is 0 Å². The van der Waals surface area contributed by atoms with Crippen LogP contribution in [-0.4, -0.2) is 11.1 Å². The fourth-order valence-electron chi connectivity index (χ4n) is 1.90. The Labute approximate surface area is 103 Å². The number of benzene rings is 2. The summed E-state index contributed by atoms with van der Waals surface area (Å²) in [6.07, 6.45) is 2.41. The van der Waals surface area contributed by atoms with Crippen LogP contribution in [0.2, 0.25) is 0 Å². The Bertz CT molecular complexity index is 439. The predicted molar refractivity (Wildman–Crippen MR) is 76.4 cm³/mol. The molecule has 0 unspecified atom stereocenters. The molecule has 0 amide bonds. The highest BCUT2D eigenvalue weighted by molar-refractivity contribution is 7.84. The van der Waals surface area contributed by atoms with E-state index in [1.165, 1.54) is 0 Å². The van der Waals surface area contributed by atoms with Gasteiger partial charge in [-0.3, -0.25) is 0 Å². The van der Waals surface area contributed by atoms with Crippen molar-refractivity contribution >= 4 is 18.1 Å². The molecule has 2 heteroatoms. The van der Waals surface area contributed by atoms with Crippen molar-refractivity contribution in [1.29, 1.82) is 0 Å². The molecule has 0 atom stereocenters. The van der Waals surface area contributed by atoms with Crippen molar-refractivity contribution in [1.82, 2.24) is 0 Å². The number of allylic oxidation sites excluding steroid dienone is 1. The van der Waals surface area contributed by atoms with E-state index < -0.39 is 7.49 Å². The normalized spacial score (nSPS) is 11.1. The van der Waals surface area contributed by atoms with Crippen LogP contribution in [0.5, 0.6) is 0 Å². The lowest BCUT2D eigenvalue weighted by atomic mass is 10.4. The zero-order valence-electron chi connectivity index (χ0n) is 9.66. The van der Waals surface area contributed by atoms with Gasteiger partial charge in [0.05, 0.1) is 0 Å². The molecule has 0 heterocycles. The molecule has 17 heavy (non-hydrogen) atoms. The Morgan fingerprint density at radius 1 is 0.882 bits per heavy atom. The maximum absolute atomic E-state index is 11.0. The fraction of sp³-hybridized carbons (Fsp3) is 0.0667. The SMILES string of the molecule is C=CC[P+](O)(c1ccccc1)c1ccccc1. The molecule has 0 aromatic heterocycles. The molecule has 2 aromatic rings. The first-order valence-corrected chi connectivity index (χ1v) is 7.53. The van der Waals surface area contributed by atoms with Crippen LogP contribution in [0.4, 0.5) is 0 Å². The second-order valence-corrected chi connectivity index (χ2v) is 6.85. The van der Waals surface area contributed by atoms with Gasteiger partial charge >= 0.3 is 0 Å². The van der Waals surface area contributed by atoms with Crippen LogP contribution in [0.25, 0.3) is 0 Å². The quantitative estimate of drug-likeness (QED) is 0.646. The highest BCUT2D eigenvalue weighted by Gasteiger charge is 2.39. The zero-order valence-corrected chi connectivity index (χ0v) is 10.6. The van der Waals surface area contributed by atoms with Crippen LogP contribution in [0.1, 0.15) is 0 Å². The minimum absolute atomic E-state index is 0.612. The molecular formula is C15H16OP+. The van der Waals surface area contributed by atoms with Crippen molar-refractivity contribution in [2.45, 2.75) is 0 Å². The first-order valence-electron chi connectivity index (χ1n) is 5.60. The Morgan fingerprint density at radius 2 is 1.29 bits per heavy atom. The molecule has 2 aromatic carbocycles. The summed E-state index contributed by atoms with van der Waals surface area (Å²) in [4.78, 5) is 11.0. The third-order valence-electron chi connectivity index (χ3n) is 2.76. The average Bonchev–Trinajstić information content (AvgIpc) is 2.41. The van der Waals surface area contributed by atoms with Crippen molar-refractivity contribution in [2.75, 3.05) is 6.16 Å². The van der Waals surface area contributed by atoms with Gasteiger partial charge in [0.1, 0.15) is 16.8 Å². The van der Waals surface area contributed by atoms with Crippen LogP contribution in [0.3, 0.4) is 0 Å². The molecule has 0 saturated heterocycles. The van der Waals surface area contributed by atoms with Gasteiger partial charge in [-0.25, -0.2) is 4.89 Å².